The summed E-state index contributed by atoms with van der Waals surface area (Å²) in [5.74, 6) is 0. The Morgan fingerprint density at radius 1 is 0.659 bits per heavy atom. The summed E-state index contributed by atoms with van der Waals surface area (Å²) in [6.45, 7) is 14.3. The van der Waals surface area contributed by atoms with Crippen LogP contribution in [-0.4, -0.2) is 3.81 Å². The van der Waals surface area contributed by atoms with E-state index >= 15 is 0 Å². The quantitative estimate of drug-likeness (QED) is 0.222. The van der Waals surface area contributed by atoms with Crippen LogP contribution in [0.4, 0.5) is 0 Å². The van der Waals surface area contributed by atoms with Crippen molar-refractivity contribution >= 4 is 7.68 Å². The Labute approximate surface area is 283 Å². The fraction of sp³-hybridized carbons (Fsp3) is 0.293. The summed E-state index contributed by atoms with van der Waals surface area (Å²) in [5.41, 5.74) is 11.5. The van der Waals surface area contributed by atoms with Gasteiger partial charge in [-0.1, -0.05) is 0 Å². The minimum Gasteiger partial charge on any atom is -1.00 e. The van der Waals surface area contributed by atoms with Gasteiger partial charge in [0.05, 0.1) is 0 Å². The van der Waals surface area contributed by atoms with E-state index in [0.717, 1.165) is 12.8 Å². The van der Waals surface area contributed by atoms with Gasteiger partial charge in [-0.25, -0.2) is 0 Å². The van der Waals surface area contributed by atoms with Gasteiger partial charge in [-0.2, -0.15) is 0 Å². The average molecular weight is 656 g/mol. The van der Waals surface area contributed by atoms with Gasteiger partial charge < -0.3 is 24.8 Å². The molecule has 226 valence electrons. The van der Waals surface area contributed by atoms with Gasteiger partial charge in [-0.3, -0.25) is 0 Å². The third-order valence-corrected chi connectivity index (χ3v) is 15.3. The summed E-state index contributed by atoms with van der Waals surface area (Å²) in [7, 11) is 0. The molecule has 44 heavy (non-hydrogen) atoms. The third-order valence-electron chi connectivity index (χ3n) is 10.0. The van der Waals surface area contributed by atoms with Gasteiger partial charge in [0.1, 0.15) is 0 Å². The Morgan fingerprint density at radius 2 is 1.23 bits per heavy atom. The number of hydrogen-bond acceptors (Lipinski definition) is 0. The Hall–Kier alpha value is -2.48. The van der Waals surface area contributed by atoms with E-state index in [4.69, 9.17) is 0 Å². The van der Waals surface area contributed by atoms with Crippen molar-refractivity contribution in [3.8, 4) is 11.1 Å². The molecule has 4 aromatic rings. The molecule has 2 aliphatic carbocycles. The molecule has 4 aromatic carbocycles. The minimum atomic E-state index is -1.88. The van der Waals surface area contributed by atoms with Crippen LogP contribution in [-0.2, 0) is 34.7 Å². The molecule has 2 aliphatic rings. The number of halogens is 2. The molecule has 0 aromatic heterocycles. The van der Waals surface area contributed by atoms with E-state index < -0.39 is 17.4 Å². The van der Waals surface area contributed by atoms with E-state index in [1.165, 1.54) is 51.8 Å². The summed E-state index contributed by atoms with van der Waals surface area (Å²) in [4.78, 5) is 0. The zero-order valence-electron chi connectivity index (χ0n) is 27.0. The first-order valence-corrected chi connectivity index (χ1v) is 18.1. The van der Waals surface area contributed by atoms with Crippen LogP contribution < -0.4 is 28.7 Å². The van der Waals surface area contributed by atoms with Crippen LogP contribution in [0.1, 0.15) is 94.2 Å². The molecule has 0 aliphatic heterocycles. The van der Waals surface area contributed by atoms with Crippen LogP contribution in [0, 0.1) is 0 Å². The monoisotopic (exact) mass is 654 g/mol. The predicted octanol–water partition coefficient (Wildman–Crippen LogP) is 4.00. The molecule has 3 heteroatoms. The fourth-order valence-electron chi connectivity index (χ4n) is 7.12. The largest absolute Gasteiger partial charge is 1.00 e. The topological polar surface area (TPSA) is 0 Å². The number of benzene rings is 4. The zero-order chi connectivity index (χ0) is 29.5. The van der Waals surface area contributed by atoms with Crippen molar-refractivity contribution in [3.63, 3.8) is 0 Å². The van der Waals surface area contributed by atoms with Crippen molar-refractivity contribution in [2.24, 2.45) is 0 Å². The normalized spacial score (nSPS) is 13.2. The maximum atomic E-state index is 2.66. The SMILES string of the molecule is CC[C](CC)=[Ti+2]([C]1=CC=CC1)[c]1cc(C(C)(C)c2ccccc2)cc2c1Cc1ccc(C(C)(C)c3ccccc3)cc1-2.[Cl-].[Cl-]. The summed E-state index contributed by atoms with van der Waals surface area (Å²) >= 11 is -1.88. The smallest absolute Gasteiger partial charge is 1.00 e. The number of rotatable bonds is 8. The molecule has 0 fully saturated rings. The van der Waals surface area contributed by atoms with Crippen LogP contribution in [0.15, 0.2) is 113 Å². The van der Waals surface area contributed by atoms with Crippen molar-refractivity contribution in [2.75, 3.05) is 0 Å². The van der Waals surface area contributed by atoms with Gasteiger partial charge in [-0.15, -0.1) is 0 Å². The van der Waals surface area contributed by atoms with Gasteiger partial charge in [-0.05, 0) is 0 Å². The molecule has 0 spiro atoms. The zero-order valence-corrected chi connectivity index (χ0v) is 30.1. The summed E-state index contributed by atoms with van der Waals surface area (Å²) < 4.78 is 5.22. The summed E-state index contributed by atoms with van der Waals surface area (Å²) in [6, 6.07) is 34.7. The standard InChI is InChI=1S/C31H29.C5H5.C5H10.2ClH.Ti/c1-30(2,24-11-7-5-8-12-24)26-17-15-22-19-23-16-18-27(21-29(23)28(22)20-26)31(3,4)25-13-9-6-10-14-25;1-2-4-5-3-1;1-3-5-4-2;;;/h5-15,17-18,20-21H,19H2,1-4H3;1-3H,4H2;3-4H2,1-2H3;2*1H;/q;;;;;+2/p-2. The van der Waals surface area contributed by atoms with Crippen LogP contribution in [0.2, 0.25) is 0 Å². The summed E-state index contributed by atoms with van der Waals surface area (Å²) in [5, 5.41) is 0. The fourth-order valence-corrected chi connectivity index (χ4v) is 12.3. The number of allylic oxidation sites excluding steroid dienone is 4. The Kier molecular flexibility index (Phi) is 10.9. The molecule has 0 nitrogen and oxygen atoms in total. The molecule has 0 atom stereocenters. The van der Waals surface area contributed by atoms with Gasteiger partial charge in [0.2, 0.25) is 0 Å². The molecule has 0 heterocycles. The molecule has 0 bridgehead atoms. The first-order valence-electron chi connectivity index (χ1n) is 15.8. The molecule has 6 rings (SSSR count). The van der Waals surface area contributed by atoms with Crippen LogP contribution in [0.3, 0.4) is 0 Å². The molecule has 0 radical (unpaired) electrons. The number of hydrogen-bond donors (Lipinski definition) is 0. The molecule has 0 unspecified atom stereocenters. The average Bonchev–Trinajstić information content (AvgIpc) is 3.68. The molecule has 0 saturated heterocycles. The maximum Gasteiger partial charge on any atom is -1.00 e. The van der Waals surface area contributed by atoms with Crippen molar-refractivity contribution < 1.29 is 42.2 Å². The van der Waals surface area contributed by atoms with E-state index in [9.17, 15) is 0 Å². The predicted molar refractivity (Wildman–Crippen MR) is 179 cm³/mol. The Balaban J connectivity index is 0.00000221. The van der Waals surface area contributed by atoms with E-state index in [1.807, 2.05) is 3.81 Å². The van der Waals surface area contributed by atoms with Gasteiger partial charge in [0.15, 0.2) is 0 Å². The first kappa shape index (κ1) is 34.4. The molecular weight excluding hydrogens is 611 g/mol. The second kappa shape index (κ2) is 13.9. The van der Waals surface area contributed by atoms with Crippen molar-refractivity contribution in [2.45, 2.75) is 78.1 Å². The van der Waals surface area contributed by atoms with Crippen LogP contribution in [0.5, 0.6) is 0 Å². The molecular formula is C41H44Cl2Ti. The minimum absolute atomic E-state index is 0. The van der Waals surface area contributed by atoms with Crippen molar-refractivity contribution in [3.05, 3.63) is 146 Å². The van der Waals surface area contributed by atoms with Crippen LogP contribution >= 0.6 is 0 Å². The van der Waals surface area contributed by atoms with Gasteiger partial charge >= 0.3 is 261 Å². The Morgan fingerprint density at radius 3 is 1.77 bits per heavy atom. The van der Waals surface area contributed by atoms with Crippen molar-refractivity contribution in [1.82, 2.24) is 0 Å². The molecule has 0 N–H and O–H groups in total. The van der Waals surface area contributed by atoms with E-state index in [2.05, 4.69) is 151 Å². The van der Waals surface area contributed by atoms with Crippen molar-refractivity contribution in [1.29, 1.82) is 0 Å². The summed E-state index contributed by atoms with van der Waals surface area (Å²) in [6.07, 6.45) is 11.7. The van der Waals surface area contributed by atoms with Gasteiger partial charge in [0.25, 0.3) is 0 Å². The second-order valence-electron chi connectivity index (χ2n) is 13.1. The van der Waals surface area contributed by atoms with Gasteiger partial charge in [0, 0.05) is 0 Å². The third kappa shape index (κ3) is 6.17. The number of fused-ring (bicyclic) bond motifs is 3. The molecule has 0 saturated carbocycles. The first-order chi connectivity index (χ1) is 20.3. The van der Waals surface area contributed by atoms with E-state index in [0.29, 0.717) is 0 Å². The Bertz CT molecular complexity index is 1720. The second-order valence-corrected chi connectivity index (χ2v) is 17.2. The van der Waals surface area contributed by atoms with Crippen LogP contribution in [0.25, 0.3) is 11.1 Å². The molecule has 0 amide bonds. The van der Waals surface area contributed by atoms with E-state index in [1.54, 1.807) is 13.3 Å². The van der Waals surface area contributed by atoms with E-state index in [-0.39, 0.29) is 35.6 Å². The maximum absolute atomic E-state index is 2.66.